The van der Waals surface area contributed by atoms with Gasteiger partial charge >= 0.3 is 0 Å². The number of aryl methyl sites for hydroxylation is 1. The summed E-state index contributed by atoms with van der Waals surface area (Å²) in [7, 11) is 0. The number of halogens is 3. The Morgan fingerprint density at radius 1 is 0.793 bits per heavy atom. The van der Waals surface area contributed by atoms with Crippen LogP contribution in [0.4, 0.5) is 0 Å². The van der Waals surface area contributed by atoms with Crippen molar-refractivity contribution >= 4 is 11.4 Å². The largest absolute Gasteiger partial charge is 1.00 e. The van der Waals surface area contributed by atoms with E-state index >= 15 is 0 Å². The van der Waals surface area contributed by atoms with E-state index in [0.29, 0.717) is 0 Å². The predicted octanol–water partition coefficient (Wildman–Crippen LogP) is -6.95. The van der Waals surface area contributed by atoms with Crippen molar-refractivity contribution in [2.45, 2.75) is 46.5 Å². The van der Waals surface area contributed by atoms with Crippen molar-refractivity contribution in [1.29, 1.82) is 0 Å². The zero-order valence-corrected chi connectivity index (χ0v) is 20.8. The topological polar surface area (TPSA) is 68.2 Å². The van der Waals surface area contributed by atoms with Crippen LogP contribution in [0.15, 0.2) is 22.3 Å². The van der Waals surface area contributed by atoms with Crippen LogP contribution in [0.5, 0.6) is 0 Å². The van der Waals surface area contributed by atoms with E-state index in [2.05, 4.69) is 50.3 Å². The molecule has 2 N–H and O–H groups in total. The number of rotatable bonds is 6. The fourth-order valence-electron chi connectivity index (χ4n) is 3.08. The third kappa shape index (κ3) is 9.43. The monoisotopic (exact) mass is 499 g/mol. The van der Waals surface area contributed by atoms with E-state index in [0.717, 1.165) is 54.6 Å². The van der Waals surface area contributed by atoms with Crippen molar-refractivity contribution in [2.24, 2.45) is 10.2 Å². The summed E-state index contributed by atoms with van der Waals surface area (Å²) in [6.45, 7) is 10.3. The number of nitrogens with one attached hydrogen (secondary N) is 2. The molecule has 0 atom stereocenters. The fraction of sp³-hybridized carbons (Fsp3) is 0.611. The molecule has 165 valence electrons. The molecule has 1 radical (unpaired) electrons. The van der Waals surface area contributed by atoms with E-state index in [-0.39, 0.29) is 55.8 Å². The first-order chi connectivity index (χ1) is 12.1. The van der Waals surface area contributed by atoms with E-state index in [1.54, 1.807) is 0 Å². The van der Waals surface area contributed by atoms with Crippen molar-refractivity contribution < 1.29 is 55.8 Å². The van der Waals surface area contributed by atoms with Crippen molar-refractivity contribution in [3.05, 3.63) is 29.1 Å². The molecule has 2 fully saturated rings. The van der Waals surface area contributed by atoms with Crippen LogP contribution in [0.3, 0.4) is 0 Å². The number of aromatic nitrogens is 1. The summed E-state index contributed by atoms with van der Waals surface area (Å²) in [5, 5.41) is 13.3. The summed E-state index contributed by atoms with van der Waals surface area (Å²) in [5.41, 5.74) is 11.0. The van der Waals surface area contributed by atoms with Crippen LogP contribution >= 0.6 is 0 Å². The molecule has 0 spiro atoms. The molecular formula is C18H29Cl3N7V-3. The molecule has 2 saturated heterocycles. The van der Waals surface area contributed by atoms with Gasteiger partial charge in [0.2, 0.25) is 0 Å². The van der Waals surface area contributed by atoms with Gasteiger partial charge in [-0.2, -0.15) is 10.2 Å². The van der Waals surface area contributed by atoms with Crippen molar-refractivity contribution in [3.8, 4) is 0 Å². The Kier molecular flexibility index (Phi) is 16.2. The zero-order chi connectivity index (χ0) is 17.6. The van der Waals surface area contributed by atoms with Gasteiger partial charge < -0.3 is 37.2 Å². The second-order valence-electron chi connectivity index (χ2n) is 6.90. The van der Waals surface area contributed by atoms with E-state index in [4.69, 9.17) is 4.98 Å². The quantitative estimate of drug-likeness (QED) is 0.300. The van der Waals surface area contributed by atoms with Gasteiger partial charge in [0, 0.05) is 44.7 Å². The molecule has 29 heavy (non-hydrogen) atoms. The number of hydrogen-bond acceptors (Lipinski definition) is 7. The van der Waals surface area contributed by atoms with Crippen molar-refractivity contribution in [3.63, 3.8) is 0 Å². The molecule has 11 heteroatoms. The SMILES string of the molecule is CC(=NNN1CCCC1)c1cc(C)cc(C(C)=NNN2CCCC2)n1.[Cl-].[Cl-].[Cl-].[V]. The molecule has 1 aromatic rings. The molecule has 0 aliphatic carbocycles. The molecular weight excluding hydrogens is 472 g/mol. The van der Waals surface area contributed by atoms with Gasteiger partial charge in [0.25, 0.3) is 0 Å². The minimum Gasteiger partial charge on any atom is -1.00 e. The maximum atomic E-state index is 4.75. The summed E-state index contributed by atoms with van der Waals surface area (Å²) in [6, 6.07) is 4.13. The first kappa shape index (κ1) is 30.7. The third-order valence-electron chi connectivity index (χ3n) is 4.64. The minimum absolute atomic E-state index is 0. The molecule has 1 aromatic heterocycles. The third-order valence-corrected chi connectivity index (χ3v) is 4.64. The summed E-state index contributed by atoms with van der Waals surface area (Å²) < 4.78 is 0. The maximum absolute atomic E-state index is 4.75. The summed E-state index contributed by atoms with van der Waals surface area (Å²) in [4.78, 5) is 4.75. The van der Waals surface area contributed by atoms with E-state index < -0.39 is 0 Å². The van der Waals surface area contributed by atoms with Crippen LogP contribution in [0.25, 0.3) is 0 Å². The molecule has 0 amide bonds. The van der Waals surface area contributed by atoms with Crippen LogP contribution in [0, 0.1) is 6.92 Å². The van der Waals surface area contributed by atoms with Gasteiger partial charge in [0.05, 0.1) is 22.8 Å². The Hall–Kier alpha value is -0.536. The van der Waals surface area contributed by atoms with Crippen molar-refractivity contribution in [2.75, 3.05) is 26.2 Å². The Morgan fingerprint density at radius 3 is 1.48 bits per heavy atom. The standard InChI is InChI=1S/C18H29N7.3ClH.V/c1-14-12-17(15(2)20-22-24-8-4-5-9-24)19-18(13-14)16(3)21-23-25-10-6-7-11-25;;;;/h12-13,22-23H,4-11H2,1-3H3;3*1H;/p-3. The first-order valence-electron chi connectivity index (χ1n) is 9.21. The van der Waals surface area contributed by atoms with Gasteiger partial charge in [-0.25, -0.2) is 26.1 Å². The average Bonchev–Trinajstić information content (AvgIpc) is 3.30. The van der Waals surface area contributed by atoms with Gasteiger partial charge in [-0.1, -0.05) is 0 Å². The normalized spacial score (nSPS) is 17.5. The van der Waals surface area contributed by atoms with E-state index in [9.17, 15) is 0 Å². The van der Waals surface area contributed by atoms with Crippen LogP contribution < -0.4 is 48.3 Å². The number of hydrogen-bond donors (Lipinski definition) is 2. The molecule has 0 aromatic carbocycles. The van der Waals surface area contributed by atoms with Crippen LogP contribution in [-0.2, 0) is 18.6 Å². The molecule has 3 rings (SSSR count). The van der Waals surface area contributed by atoms with Gasteiger partial charge in [-0.05, 0) is 64.2 Å². The van der Waals surface area contributed by atoms with E-state index in [1.165, 1.54) is 25.7 Å². The van der Waals surface area contributed by atoms with Crippen LogP contribution in [0.1, 0.15) is 56.5 Å². The Labute approximate surface area is 204 Å². The molecule has 2 aliphatic rings. The Bertz CT molecular complexity index is 609. The summed E-state index contributed by atoms with van der Waals surface area (Å²) in [5.74, 6) is 0. The average molecular weight is 501 g/mol. The zero-order valence-electron chi connectivity index (χ0n) is 17.1. The van der Waals surface area contributed by atoms with Crippen LogP contribution in [0.2, 0.25) is 0 Å². The molecule has 0 bridgehead atoms. The van der Waals surface area contributed by atoms with Gasteiger partial charge in [-0.15, -0.1) is 0 Å². The number of nitrogens with zero attached hydrogens (tertiary/aromatic N) is 5. The number of hydrazine groups is 2. The molecule has 7 nitrogen and oxygen atoms in total. The Morgan fingerprint density at radius 2 is 1.14 bits per heavy atom. The van der Waals surface area contributed by atoms with Gasteiger partial charge in [0.15, 0.2) is 0 Å². The molecule has 0 saturated carbocycles. The number of hydrazone groups is 2. The van der Waals surface area contributed by atoms with Gasteiger partial charge in [-0.3, -0.25) is 0 Å². The Balaban J connectivity index is 0. The summed E-state index contributed by atoms with van der Waals surface area (Å²) >= 11 is 0. The van der Waals surface area contributed by atoms with Crippen LogP contribution in [-0.4, -0.2) is 52.6 Å². The van der Waals surface area contributed by atoms with E-state index in [1.807, 2.05) is 13.8 Å². The van der Waals surface area contributed by atoms with Gasteiger partial charge in [0.1, 0.15) is 0 Å². The number of pyridine rings is 1. The second kappa shape index (κ2) is 15.3. The van der Waals surface area contributed by atoms with Crippen molar-refractivity contribution in [1.82, 2.24) is 26.1 Å². The smallest absolute Gasteiger partial charge is 0.0870 e. The molecule has 2 aliphatic heterocycles. The fourth-order valence-corrected chi connectivity index (χ4v) is 3.08. The first-order valence-corrected chi connectivity index (χ1v) is 9.21. The summed E-state index contributed by atoms with van der Waals surface area (Å²) in [6.07, 6.45) is 4.92. The molecule has 0 unspecified atom stereocenters. The predicted molar refractivity (Wildman–Crippen MR) is 101 cm³/mol. The maximum Gasteiger partial charge on any atom is 0.0870 e. The second-order valence-corrected chi connectivity index (χ2v) is 6.90. The molecule has 3 heterocycles. The minimum atomic E-state index is 0.